The number of rotatable bonds is 6. The molecule has 2 rings (SSSR count). The van der Waals surface area contributed by atoms with Gasteiger partial charge in [-0.2, -0.15) is 0 Å². The van der Waals surface area contributed by atoms with E-state index < -0.39 is 0 Å². The molecule has 1 aromatic carbocycles. The minimum atomic E-state index is 0.483. The Hall–Kier alpha value is -1.26. The van der Waals surface area contributed by atoms with Crippen LogP contribution in [-0.2, 0) is 11.3 Å². The van der Waals surface area contributed by atoms with Gasteiger partial charge in [0.25, 0.3) is 0 Å². The molecule has 0 saturated carbocycles. The predicted octanol–water partition coefficient (Wildman–Crippen LogP) is 3.64. The van der Waals surface area contributed by atoms with Crippen LogP contribution >= 0.6 is 15.9 Å². The van der Waals surface area contributed by atoms with Crippen LogP contribution in [0, 0.1) is 0 Å². The first-order chi connectivity index (χ1) is 8.34. The second-order valence-electron chi connectivity index (χ2n) is 3.43. The van der Waals surface area contributed by atoms with Gasteiger partial charge in [-0.25, -0.2) is 0 Å². The fraction of sp³-hybridized carbons (Fsp3) is 0.231. The second-order valence-corrected chi connectivity index (χ2v) is 4.35. The quantitative estimate of drug-likeness (QED) is 0.763. The van der Waals surface area contributed by atoms with E-state index in [1.54, 1.807) is 6.26 Å². The molecule has 0 aliphatic carbocycles. The molecule has 17 heavy (non-hydrogen) atoms. The van der Waals surface area contributed by atoms with E-state index in [-0.39, 0.29) is 0 Å². The highest BCUT2D eigenvalue weighted by atomic mass is 79.9. The maximum atomic E-state index is 5.50. The number of furan rings is 1. The molecule has 0 spiro atoms. The number of hydrogen-bond acceptors (Lipinski definition) is 3. The van der Waals surface area contributed by atoms with Gasteiger partial charge in [0.1, 0.15) is 24.7 Å². The molecule has 0 aliphatic heterocycles. The highest BCUT2D eigenvalue weighted by molar-refractivity contribution is 9.10. The molecule has 4 heteroatoms. The predicted molar refractivity (Wildman–Crippen MR) is 68.0 cm³/mol. The average molecular weight is 297 g/mol. The Morgan fingerprint density at radius 2 is 1.88 bits per heavy atom. The standard InChI is InChI=1S/C13H13BrO3/c14-11-3-5-12(6-4-11)17-9-8-15-10-13-2-1-7-16-13/h1-7H,8-10H2. The number of hydrogen-bond donors (Lipinski definition) is 0. The fourth-order valence-corrected chi connectivity index (χ4v) is 1.58. The van der Waals surface area contributed by atoms with E-state index in [2.05, 4.69) is 15.9 Å². The Balaban J connectivity index is 1.61. The van der Waals surface area contributed by atoms with Crippen molar-refractivity contribution in [3.05, 3.63) is 52.9 Å². The number of benzene rings is 1. The van der Waals surface area contributed by atoms with Gasteiger partial charge in [0.2, 0.25) is 0 Å². The molecule has 3 nitrogen and oxygen atoms in total. The van der Waals surface area contributed by atoms with Gasteiger partial charge in [-0.1, -0.05) is 15.9 Å². The number of ether oxygens (including phenoxy) is 2. The van der Waals surface area contributed by atoms with E-state index in [0.29, 0.717) is 19.8 Å². The zero-order valence-corrected chi connectivity index (χ0v) is 10.9. The topological polar surface area (TPSA) is 31.6 Å². The first-order valence-electron chi connectivity index (χ1n) is 5.33. The van der Waals surface area contributed by atoms with Gasteiger partial charge in [0, 0.05) is 4.47 Å². The molecular weight excluding hydrogens is 284 g/mol. The monoisotopic (exact) mass is 296 g/mol. The molecule has 0 unspecified atom stereocenters. The normalized spacial score (nSPS) is 10.4. The van der Waals surface area contributed by atoms with Crippen LogP contribution < -0.4 is 4.74 Å². The number of halogens is 1. The van der Waals surface area contributed by atoms with E-state index in [1.165, 1.54) is 0 Å². The summed E-state index contributed by atoms with van der Waals surface area (Å²) < 4.78 is 17.1. The van der Waals surface area contributed by atoms with Crippen molar-refractivity contribution in [3.63, 3.8) is 0 Å². The van der Waals surface area contributed by atoms with E-state index in [9.17, 15) is 0 Å². The molecule has 90 valence electrons. The van der Waals surface area contributed by atoms with Crippen molar-refractivity contribution < 1.29 is 13.9 Å². The van der Waals surface area contributed by atoms with Gasteiger partial charge < -0.3 is 13.9 Å². The smallest absolute Gasteiger partial charge is 0.129 e. The summed E-state index contributed by atoms with van der Waals surface area (Å²) in [5.41, 5.74) is 0. The summed E-state index contributed by atoms with van der Waals surface area (Å²) in [6.45, 7) is 1.55. The molecule has 1 aromatic heterocycles. The van der Waals surface area contributed by atoms with Gasteiger partial charge in [-0.05, 0) is 36.4 Å². The lowest BCUT2D eigenvalue weighted by Gasteiger charge is -2.06. The van der Waals surface area contributed by atoms with E-state index in [1.807, 2.05) is 36.4 Å². The zero-order valence-electron chi connectivity index (χ0n) is 9.27. The maximum absolute atomic E-state index is 5.50. The minimum absolute atomic E-state index is 0.483. The van der Waals surface area contributed by atoms with Gasteiger partial charge >= 0.3 is 0 Å². The van der Waals surface area contributed by atoms with E-state index >= 15 is 0 Å². The fourth-order valence-electron chi connectivity index (χ4n) is 1.32. The molecule has 0 fully saturated rings. The van der Waals surface area contributed by atoms with Crippen LogP contribution in [0.4, 0.5) is 0 Å². The Morgan fingerprint density at radius 1 is 1.06 bits per heavy atom. The Labute approximate surface area is 108 Å². The highest BCUT2D eigenvalue weighted by Crippen LogP contribution is 2.15. The molecule has 0 bridgehead atoms. The molecular formula is C13H13BrO3. The molecule has 1 heterocycles. The Morgan fingerprint density at radius 3 is 2.59 bits per heavy atom. The van der Waals surface area contributed by atoms with Crippen LogP contribution in [0.2, 0.25) is 0 Å². The first kappa shape index (κ1) is 12.2. The van der Waals surface area contributed by atoms with Crippen molar-refractivity contribution in [3.8, 4) is 5.75 Å². The highest BCUT2D eigenvalue weighted by Gasteiger charge is 1.96. The molecule has 0 saturated heterocycles. The van der Waals surface area contributed by atoms with Crippen LogP contribution in [0.1, 0.15) is 5.76 Å². The van der Waals surface area contributed by atoms with Crippen LogP contribution in [0.15, 0.2) is 51.6 Å². The summed E-state index contributed by atoms with van der Waals surface area (Å²) in [5.74, 6) is 1.67. The molecule has 0 atom stereocenters. The van der Waals surface area contributed by atoms with Crippen molar-refractivity contribution >= 4 is 15.9 Å². The van der Waals surface area contributed by atoms with Gasteiger partial charge in [0.15, 0.2) is 0 Å². The van der Waals surface area contributed by atoms with Gasteiger partial charge in [-0.15, -0.1) is 0 Å². The first-order valence-corrected chi connectivity index (χ1v) is 6.12. The minimum Gasteiger partial charge on any atom is -0.491 e. The Bertz CT molecular complexity index is 422. The van der Waals surface area contributed by atoms with Gasteiger partial charge in [0.05, 0.1) is 12.9 Å². The van der Waals surface area contributed by atoms with Crippen molar-refractivity contribution in [1.29, 1.82) is 0 Å². The lowest BCUT2D eigenvalue weighted by atomic mass is 10.3. The van der Waals surface area contributed by atoms with E-state index in [0.717, 1.165) is 16.0 Å². The van der Waals surface area contributed by atoms with Crippen molar-refractivity contribution in [1.82, 2.24) is 0 Å². The third kappa shape index (κ3) is 4.24. The third-order valence-corrected chi connectivity index (χ3v) is 2.66. The summed E-state index contributed by atoms with van der Waals surface area (Å²) in [6, 6.07) is 11.4. The van der Waals surface area contributed by atoms with Crippen LogP contribution in [0.25, 0.3) is 0 Å². The zero-order chi connectivity index (χ0) is 11.9. The summed E-state index contributed by atoms with van der Waals surface area (Å²) in [7, 11) is 0. The lowest BCUT2D eigenvalue weighted by molar-refractivity contribution is 0.0781. The van der Waals surface area contributed by atoms with E-state index in [4.69, 9.17) is 13.9 Å². The third-order valence-electron chi connectivity index (χ3n) is 2.13. The average Bonchev–Trinajstić information content (AvgIpc) is 2.84. The largest absolute Gasteiger partial charge is 0.491 e. The van der Waals surface area contributed by atoms with Crippen molar-refractivity contribution in [2.24, 2.45) is 0 Å². The summed E-state index contributed by atoms with van der Waals surface area (Å²) in [5, 5.41) is 0. The van der Waals surface area contributed by atoms with Crippen molar-refractivity contribution in [2.75, 3.05) is 13.2 Å². The molecule has 0 amide bonds. The molecule has 2 aromatic rings. The Kier molecular flexibility index (Phi) is 4.64. The summed E-state index contributed by atoms with van der Waals surface area (Å²) in [4.78, 5) is 0. The molecule has 0 aliphatic rings. The van der Waals surface area contributed by atoms with Crippen LogP contribution in [0.3, 0.4) is 0 Å². The van der Waals surface area contributed by atoms with Gasteiger partial charge in [-0.3, -0.25) is 0 Å². The summed E-state index contributed by atoms with van der Waals surface area (Å²) in [6.07, 6.45) is 1.64. The van der Waals surface area contributed by atoms with Crippen LogP contribution in [0.5, 0.6) is 5.75 Å². The SMILES string of the molecule is Brc1ccc(OCCOCc2ccco2)cc1. The maximum Gasteiger partial charge on any atom is 0.129 e. The van der Waals surface area contributed by atoms with Crippen LogP contribution in [-0.4, -0.2) is 13.2 Å². The molecule has 0 radical (unpaired) electrons. The second kappa shape index (κ2) is 6.47. The van der Waals surface area contributed by atoms with Crippen molar-refractivity contribution in [2.45, 2.75) is 6.61 Å². The molecule has 0 N–H and O–H groups in total. The lowest BCUT2D eigenvalue weighted by Crippen LogP contribution is -2.06. The summed E-state index contributed by atoms with van der Waals surface area (Å²) >= 11 is 3.37.